The summed E-state index contributed by atoms with van der Waals surface area (Å²) in [6.45, 7) is 4.92. The van der Waals surface area contributed by atoms with Crippen LogP contribution in [0.1, 0.15) is 59.3 Å². The Kier molecular flexibility index (Phi) is 6.49. The minimum atomic E-state index is -1.22. The van der Waals surface area contributed by atoms with Crippen LogP contribution in [0.2, 0.25) is 0 Å². The maximum atomic E-state index is 13.1. The van der Waals surface area contributed by atoms with Crippen LogP contribution in [0.25, 0.3) is 11.0 Å². The van der Waals surface area contributed by atoms with Gasteiger partial charge in [-0.2, -0.15) is 0 Å². The minimum absolute atomic E-state index is 0.0331. The summed E-state index contributed by atoms with van der Waals surface area (Å²) in [5, 5.41) is 10.2. The van der Waals surface area contributed by atoms with Crippen LogP contribution in [-0.2, 0) is 11.4 Å². The lowest BCUT2D eigenvalue weighted by molar-refractivity contribution is -0.131. The lowest BCUT2D eigenvalue weighted by Gasteiger charge is -2.32. The first-order chi connectivity index (χ1) is 15.9. The number of hydrogen-bond acceptors (Lipinski definition) is 5. The van der Waals surface area contributed by atoms with E-state index in [-0.39, 0.29) is 46.1 Å². The lowest BCUT2D eigenvalue weighted by atomic mass is 9.91. The van der Waals surface area contributed by atoms with Crippen molar-refractivity contribution in [3.63, 3.8) is 0 Å². The van der Waals surface area contributed by atoms with E-state index in [2.05, 4.69) is 0 Å². The van der Waals surface area contributed by atoms with Crippen molar-refractivity contribution in [3.8, 4) is 5.75 Å². The van der Waals surface area contributed by atoms with E-state index in [1.807, 2.05) is 42.2 Å². The minimum Gasteiger partial charge on any atom is -0.488 e. The number of benzene rings is 2. The molecule has 2 aromatic carbocycles. The Labute approximate surface area is 191 Å². The third-order valence-electron chi connectivity index (χ3n) is 6.26. The van der Waals surface area contributed by atoms with Crippen molar-refractivity contribution in [1.29, 1.82) is 0 Å². The molecule has 1 aromatic heterocycles. The van der Waals surface area contributed by atoms with E-state index in [1.165, 1.54) is 6.07 Å². The van der Waals surface area contributed by atoms with Crippen LogP contribution >= 0.6 is 0 Å². The Hall–Kier alpha value is -3.61. The first kappa shape index (κ1) is 22.6. The van der Waals surface area contributed by atoms with E-state index in [0.717, 1.165) is 5.56 Å². The molecule has 4 rings (SSSR count). The highest BCUT2D eigenvalue weighted by molar-refractivity contribution is 6.03. The van der Waals surface area contributed by atoms with E-state index < -0.39 is 5.97 Å². The second-order valence-electron chi connectivity index (χ2n) is 8.32. The van der Waals surface area contributed by atoms with E-state index in [9.17, 15) is 19.5 Å². The van der Waals surface area contributed by atoms with Gasteiger partial charge in [0.2, 0.25) is 5.91 Å². The first-order valence-electron chi connectivity index (χ1n) is 11.2. The fourth-order valence-corrected chi connectivity index (χ4v) is 4.41. The summed E-state index contributed by atoms with van der Waals surface area (Å²) in [4.78, 5) is 39.1. The summed E-state index contributed by atoms with van der Waals surface area (Å²) in [6, 6.07) is 12.5. The average Bonchev–Trinajstić information content (AvgIpc) is 2.84. The molecule has 1 saturated heterocycles. The molecule has 172 valence electrons. The number of carbonyl (C=O) groups excluding carboxylic acids is 1. The smallest absolute Gasteiger partial charge is 0.343 e. The van der Waals surface area contributed by atoms with E-state index >= 15 is 0 Å². The molecule has 1 N–H and O–H groups in total. The Balaban J connectivity index is 1.72. The summed E-state index contributed by atoms with van der Waals surface area (Å²) in [6.07, 6.45) is 1.78. The number of carbonyl (C=O) groups is 2. The second kappa shape index (κ2) is 9.48. The van der Waals surface area contributed by atoms with Crippen LogP contribution in [0.5, 0.6) is 5.75 Å². The molecular weight excluding hydrogens is 422 g/mol. The number of hydrogen-bond donors (Lipinski definition) is 1. The SMILES string of the molecule is CCC(=O)N1CCC(c2oc3c(C(=O)O)c(OCc4ccccc4)ccc3c(=O)c2C)CC1. The number of fused-ring (bicyclic) bond motifs is 1. The van der Waals surface area contributed by atoms with Gasteiger partial charge in [-0.15, -0.1) is 0 Å². The highest BCUT2D eigenvalue weighted by Gasteiger charge is 2.29. The molecule has 1 aliphatic heterocycles. The van der Waals surface area contributed by atoms with Gasteiger partial charge in [0.05, 0.1) is 5.39 Å². The molecule has 2 heterocycles. The van der Waals surface area contributed by atoms with Crippen molar-refractivity contribution in [2.45, 2.75) is 45.6 Å². The highest BCUT2D eigenvalue weighted by Crippen LogP contribution is 2.34. The Morgan fingerprint density at radius 2 is 1.82 bits per heavy atom. The molecule has 0 atom stereocenters. The van der Waals surface area contributed by atoms with Crippen LogP contribution < -0.4 is 10.2 Å². The van der Waals surface area contributed by atoms with E-state index in [4.69, 9.17) is 9.15 Å². The average molecular weight is 450 g/mol. The van der Waals surface area contributed by atoms with Gasteiger partial charge in [0.1, 0.15) is 23.7 Å². The van der Waals surface area contributed by atoms with Gasteiger partial charge in [0.25, 0.3) is 0 Å². The number of carboxylic acids is 1. The number of aromatic carboxylic acids is 1. The molecule has 33 heavy (non-hydrogen) atoms. The summed E-state index contributed by atoms with van der Waals surface area (Å²) >= 11 is 0. The number of nitrogens with zero attached hydrogens (tertiary/aromatic N) is 1. The van der Waals surface area contributed by atoms with Gasteiger partial charge in [-0.25, -0.2) is 4.79 Å². The topological polar surface area (TPSA) is 97.1 Å². The van der Waals surface area contributed by atoms with Gasteiger partial charge in [0, 0.05) is 31.0 Å². The van der Waals surface area contributed by atoms with Crippen LogP contribution in [0.3, 0.4) is 0 Å². The maximum absolute atomic E-state index is 13.1. The molecule has 0 saturated carbocycles. The molecule has 0 unspecified atom stereocenters. The third kappa shape index (κ3) is 4.49. The summed E-state index contributed by atoms with van der Waals surface area (Å²) in [5.74, 6) is -0.513. The van der Waals surface area contributed by atoms with Crippen LogP contribution in [0.4, 0.5) is 0 Å². The monoisotopic (exact) mass is 449 g/mol. The molecule has 7 heteroatoms. The Morgan fingerprint density at radius 1 is 1.12 bits per heavy atom. The van der Waals surface area contributed by atoms with Gasteiger partial charge in [-0.05, 0) is 37.5 Å². The fourth-order valence-electron chi connectivity index (χ4n) is 4.41. The predicted octanol–water partition coefficient (Wildman–Crippen LogP) is 4.49. The van der Waals surface area contributed by atoms with Crippen LogP contribution in [0, 0.1) is 6.92 Å². The number of likely N-dealkylation sites (tertiary alicyclic amines) is 1. The highest BCUT2D eigenvalue weighted by atomic mass is 16.5. The quantitative estimate of drug-likeness (QED) is 0.595. The van der Waals surface area contributed by atoms with Gasteiger partial charge in [-0.3, -0.25) is 9.59 Å². The van der Waals surface area contributed by atoms with Gasteiger partial charge in [0.15, 0.2) is 11.0 Å². The van der Waals surface area contributed by atoms with E-state index in [1.54, 1.807) is 13.0 Å². The predicted molar refractivity (Wildman–Crippen MR) is 124 cm³/mol. The number of piperidine rings is 1. The van der Waals surface area contributed by atoms with Crippen molar-refractivity contribution in [3.05, 3.63) is 75.1 Å². The molecule has 1 aliphatic rings. The van der Waals surface area contributed by atoms with Crippen molar-refractivity contribution in [2.75, 3.05) is 13.1 Å². The summed E-state index contributed by atoms with van der Waals surface area (Å²) in [7, 11) is 0. The van der Waals surface area contributed by atoms with Crippen LogP contribution in [0.15, 0.2) is 51.7 Å². The molecule has 1 fully saturated rings. The van der Waals surface area contributed by atoms with Gasteiger partial charge >= 0.3 is 5.97 Å². The van der Waals surface area contributed by atoms with Gasteiger partial charge < -0.3 is 19.2 Å². The standard InChI is InChI=1S/C26H27NO6/c1-3-21(28)27-13-11-18(12-14-27)24-16(2)23(29)19-9-10-20(22(26(30)31)25(19)33-24)32-15-17-7-5-4-6-8-17/h4-10,18H,3,11-15H2,1-2H3,(H,30,31). The number of ether oxygens (including phenoxy) is 1. The van der Waals surface area contributed by atoms with Gasteiger partial charge in [-0.1, -0.05) is 37.3 Å². The second-order valence-corrected chi connectivity index (χ2v) is 8.32. The molecule has 0 bridgehead atoms. The largest absolute Gasteiger partial charge is 0.488 e. The molecule has 0 aliphatic carbocycles. The van der Waals surface area contributed by atoms with Crippen molar-refractivity contribution in [2.24, 2.45) is 0 Å². The molecular formula is C26H27NO6. The molecule has 0 spiro atoms. The fraction of sp³-hybridized carbons (Fsp3) is 0.346. The zero-order valence-electron chi connectivity index (χ0n) is 18.8. The zero-order valence-corrected chi connectivity index (χ0v) is 18.8. The number of rotatable bonds is 6. The van der Waals surface area contributed by atoms with E-state index in [0.29, 0.717) is 43.7 Å². The molecule has 0 radical (unpaired) electrons. The number of carboxylic acid groups (broad SMARTS) is 1. The summed E-state index contributed by atoms with van der Waals surface area (Å²) in [5.41, 5.74) is 1.02. The van der Waals surface area contributed by atoms with Crippen molar-refractivity contribution in [1.82, 2.24) is 4.90 Å². The Bertz CT molecular complexity index is 1240. The number of amides is 1. The first-order valence-corrected chi connectivity index (χ1v) is 11.2. The Morgan fingerprint density at radius 3 is 2.45 bits per heavy atom. The maximum Gasteiger partial charge on any atom is 0.343 e. The normalized spacial score (nSPS) is 14.4. The third-order valence-corrected chi connectivity index (χ3v) is 6.26. The van der Waals surface area contributed by atoms with Crippen molar-refractivity contribution < 1.29 is 23.8 Å². The van der Waals surface area contributed by atoms with Crippen molar-refractivity contribution >= 4 is 22.8 Å². The summed E-state index contributed by atoms with van der Waals surface area (Å²) < 4.78 is 12.0. The molecule has 1 amide bonds. The molecule has 7 nitrogen and oxygen atoms in total. The lowest BCUT2D eigenvalue weighted by Crippen LogP contribution is -2.37. The zero-order chi connectivity index (χ0) is 23.5. The van der Waals surface area contributed by atoms with Crippen LogP contribution in [-0.4, -0.2) is 35.0 Å². The molecule has 3 aromatic rings.